The Morgan fingerprint density at radius 3 is 2.52 bits per heavy atom. The minimum Gasteiger partial charge on any atom is -0.465 e. The number of rotatable bonds is 5. The zero-order chi connectivity index (χ0) is 15.7. The van der Waals surface area contributed by atoms with Gasteiger partial charge >= 0.3 is 5.97 Å². The molecule has 3 N–H and O–H groups in total. The van der Waals surface area contributed by atoms with E-state index < -0.39 is 5.97 Å². The van der Waals surface area contributed by atoms with E-state index in [-0.39, 0.29) is 23.2 Å². The fourth-order valence-corrected chi connectivity index (χ4v) is 3.36. The van der Waals surface area contributed by atoms with Crippen LogP contribution < -0.4 is 11.1 Å². The van der Waals surface area contributed by atoms with Gasteiger partial charge in [-0.3, -0.25) is 4.79 Å². The van der Waals surface area contributed by atoms with Gasteiger partial charge in [-0.1, -0.05) is 0 Å². The second-order valence-electron chi connectivity index (χ2n) is 5.51. The first kappa shape index (κ1) is 15.6. The van der Waals surface area contributed by atoms with Gasteiger partial charge in [0.2, 0.25) is 0 Å². The molecule has 1 atom stereocenters. The van der Waals surface area contributed by atoms with Gasteiger partial charge in [0.15, 0.2) is 0 Å². The van der Waals surface area contributed by atoms with Crippen molar-refractivity contribution in [2.45, 2.75) is 25.8 Å². The SMILES string of the molecule is COC(=O)c1c(NC(C)C2CC2)sc(C(=O)N(C)C)c1N. The summed E-state index contributed by atoms with van der Waals surface area (Å²) in [6, 6.07) is 0.244. The molecule has 1 unspecified atom stereocenters. The first-order chi connectivity index (χ1) is 9.86. The highest BCUT2D eigenvalue weighted by atomic mass is 32.1. The van der Waals surface area contributed by atoms with Gasteiger partial charge in [0.25, 0.3) is 5.91 Å². The van der Waals surface area contributed by atoms with Gasteiger partial charge in [-0.2, -0.15) is 0 Å². The van der Waals surface area contributed by atoms with Crippen LogP contribution in [-0.2, 0) is 4.74 Å². The van der Waals surface area contributed by atoms with E-state index in [0.29, 0.717) is 15.8 Å². The molecule has 0 saturated heterocycles. The molecular weight excluding hydrogens is 290 g/mol. The van der Waals surface area contributed by atoms with Crippen LogP contribution in [0.25, 0.3) is 0 Å². The van der Waals surface area contributed by atoms with Crippen LogP contribution >= 0.6 is 11.3 Å². The maximum atomic E-state index is 12.2. The average Bonchev–Trinajstić information content (AvgIpc) is 3.23. The van der Waals surface area contributed by atoms with Crippen molar-refractivity contribution in [2.75, 3.05) is 32.3 Å². The second kappa shape index (κ2) is 5.93. The fraction of sp³-hybridized carbons (Fsp3) is 0.571. The first-order valence-corrected chi connectivity index (χ1v) is 7.67. The summed E-state index contributed by atoms with van der Waals surface area (Å²) in [7, 11) is 4.61. The van der Waals surface area contributed by atoms with Crippen LogP contribution in [0.4, 0.5) is 10.7 Å². The number of carbonyl (C=O) groups is 2. The Morgan fingerprint density at radius 2 is 2.05 bits per heavy atom. The number of thiophene rings is 1. The highest BCUT2D eigenvalue weighted by Crippen LogP contribution is 2.40. The average molecular weight is 311 g/mol. The molecule has 2 rings (SSSR count). The van der Waals surface area contributed by atoms with Crippen molar-refractivity contribution in [2.24, 2.45) is 5.92 Å². The monoisotopic (exact) mass is 311 g/mol. The number of carbonyl (C=O) groups excluding carboxylic acids is 2. The lowest BCUT2D eigenvalue weighted by Crippen LogP contribution is -2.21. The van der Waals surface area contributed by atoms with E-state index in [1.54, 1.807) is 14.1 Å². The molecule has 116 valence electrons. The molecule has 1 aliphatic carbocycles. The summed E-state index contributed by atoms with van der Waals surface area (Å²) in [5, 5.41) is 3.92. The van der Waals surface area contributed by atoms with Gasteiger partial charge in [-0.15, -0.1) is 11.3 Å². The van der Waals surface area contributed by atoms with Crippen molar-refractivity contribution in [1.82, 2.24) is 4.90 Å². The van der Waals surface area contributed by atoms with Crippen molar-refractivity contribution in [1.29, 1.82) is 0 Å². The molecule has 1 fully saturated rings. The largest absolute Gasteiger partial charge is 0.465 e. The number of nitrogens with one attached hydrogen (secondary N) is 1. The van der Waals surface area contributed by atoms with Crippen LogP contribution in [-0.4, -0.2) is 44.0 Å². The Bertz CT molecular complexity index is 564. The standard InChI is InChI=1S/C14H21N3O3S/c1-7(8-5-6-8)16-12-9(14(19)20-4)10(15)11(21-12)13(18)17(2)3/h7-8,16H,5-6,15H2,1-4H3. The molecule has 6 nitrogen and oxygen atoms in total. The zero-order valence-electron chi connectivity index (χ0n) is 12.7. The van der Waals surface area contributed by atoms with Crippen molar-refractivity contribution >= 4 is 33.9 Å². The number of hydrogen-bond donors (Lipinski definition) is 2. The van der Waals surface area contributed by atoms with E-state index in [2.05, 4.69) is 12.2 Å². The lowest BCUT2D eigenvalue weighted by molar-refractivity contribution is 0.0603. The van der Waals surface area contributed by atoms with Gasteiger partial charge in [-0.25, -0.2) is 4.79 Å². The summed E-state index contributed by atoms with van der Waals surface area (Å²) >= 11 is 1.21. The third-order valence-corrected chi connectivity index (χ3v) is 4.75. The summed E-state index contributed by atoms with van der Waals surface area (Å²) in [6.45, 7) is 2.07. The van der Waals surface area contributed by atoms with Crippen LogP contribution in [0.1, 0.15) is 39.8 Å². The molecule has 0 radical (unpaired) electrons. The Kier molecular flexibility index (Phi) is 4.41. The van der Waals surface area contributed by atoms with Gasteiger partial charge in [0.1, 0.15) is 15.4 Å². The molecule has 0 aliphatic heterocycles. The van der Waals surface area contributed by atoms with E-state index in [9.17, 15) is 9.59 Å². The number of nitrogens with zero attached hydrogens (tertiary/aromatic N) is 1. The molecule has 0 aromatic carbocycles. The highest BCUT2D eigenvalue weighted by molar-refractivity contribution is 7.19. The van der Waals surface area contributed by atoms with Gasteiger partial charge < -0.3 is 20.7 Å². The molecule has 0 spiro atoms. The molecule has 1 amide bonds. The summed E-state index contributed by atoms with van der Waals surface area (Å²) in [5.41, 5.74) is 6.46. The van der Waals surface area contributed by atoms with E-state index >= 15 is 0 Å². The Balaban J connectivity index is 2.38. The Hall–Kier alpha value is -1.76. The number of methoxy groups -OCH3 is 1. The smallest absolute Gasteiger partial charge is 0.343 e. The van der Waals surface area contributed by atoms with E-state index in [0.717, 1.165) is 0 Å². The number of anilines is 2. The lowest BCUT2D eigenvalue weighted by Gasteiger charge is -2.13. The van der Waals surface area contributed by atoms with Crippen molar-refractivity contribution in [3.8, 4) is 0 Å². The first-order valence-electron chi connectivity index (χ1n) is 6.85. The number of amides is 1. The topological polar surface area (TPSA) is 84.7 Å². The van der Waals surface area contributed by atoms with Gasteiger partial charge in [0, 0.05) is 20.1 Å². The summed E-state index contributed by atoms with van der Waals surface area (Å²) < 4.78 is 4.79. The quantitative estimate of drug-likeness (QED) is 0.813. The van der Waals surface area contributed by atoms with Crippen LogP contribution in [0.5, 0.6) is 0 Å². The van der Waals surface area contributed by atoms with Crippen LogP contribution in [0.3, 0.4) is 0 Å². The zero-order valence-corrected chi connectivity index (χ0v) is 13.5. The van der Waals surface area contributed by atoms with Crippen molar-refractivity contribution < 1.29 is 14.3 Å². The van der Waals surface area contributed by atoms with E-state index in [1.165, 1.54) is 36.2 Å². The molecule has 1 heterocycles. The third-order valence-electron chi connectivity index (χ3n) is 3.62. The number of ether oxygens (including phenoxy) is 1. The number of nitrogen functional groups attached to an aromatic ring is 1. The minimum absolute atomic E-state index is 0.191. The second-order valence-corrected chi connectivity index (χ2v) is 6.53. The summed E-state index contributed by atoms with van der Waals surface area (Å²) in [5.74, 6) is -0.117. The molecular formula is C14H21N3O3S. The highest BCUT2D eigenvalue weighted by Gasteiger charge is 2.32. The molecule has 1 aromatic rings. The van der Waals surface area contributed by atoms with Gasteiger partial charge in [0.05, 0.1) is 12.8 Å². The molecule has 7 heteroatoms. The predicted molar refractivity (Wildman–Crippen MR) is 83.9 cm³/mol. The normalized spacial score (nSPS) is 15.4. The fourth-order valence-electron chi connectivity index (χ4n) is 2.13. The molecule has 1 aliphatic rings. The molecule has 1 aromatic heterocycles. The third kappa shape index (κ3) is 3.12. The molecule has 0 bridgehead atoms. The van der Waals surface area contributed by atoms with E-state index in [1.807, 2.05) is 0 Å². The van der Waals surface area contributed by atoms with Crippen LogP contribution in [0, 0.1) is 5.92 Å². The van der Waals surface area contributed by atoms with Crippen molar-refractivity contribution in [3.05, 3.63) is 10.4 Å². The van der Waals surface area contributed by atoms with E-state index in [4.69, 9.17) is 10.5 Å². The summed E-state index contributed by atoms with van der Waals surface area (Å²) in [6.07, 6.45) is 2.37. The van der Waals surface area contributed by atoms with Crippen LogP contribution in [0.15, 0.2) is 0 Å². The lowest BCUT2D eigenvalue weighted by atomic mass is 10.2. The molecule has 21 heavy (non-hydrogen) atoms. The maximum absolute atomic E-state index is 12.2. The Labute approximate surface area is 128 Å². The minimum atomic E-state index is -0.521. The molecule has 1 saturated carbocycles. The predicted octanol–water partition coefficient (Wildman–Crippen LogP) is 2.03. The van der Waals surface area contributed by atoms with Gasteiger partial charge in [-0.05, 0) is 25.7 Å². The number of esters is 1. The Morgan fingerprint density at radius 1 is 1.43 bits per heavy atom. The van der Waals surface area contributed by atoms with Crippen LogP contribution in [0.2, 0.25) is 0 Å². The maximum Gasteiger partial charge on any atom is 0.343 e. The van der Waals surface area contributed by atoms with Crippen molar-refractivity contribution in [3.63, 3.8) is 0 Å². The summed E-state index contributed by atoms with van der Waals surface area (Å²) in [4.78, 5) is 25.9. The number of nitrogens with two attached hydrogens (primary N) is 1. The number of hydrogen-bond acceptors (Lipinski definition) is 6.